The first kappa shape index (κ1) is 10.8. The molecule has 0 aliphatic carbocycles. The number of nitrogens with zero attached hydrogens (tertiary/aromatic N) is 4. The van der Waals surface area contributed by atoms with E-state index in [9.17, 15) is 9.59 Å². The third-order valence-corrected chi connectivity index (χ3v) is 2.64. The Kier molecular flexibility index (Phi) is 2.52. The lowest BCUT2D eigenvalue weighted by Gasteiger charge is -2.26. The van der Waals surface area contributed by atoms with Crippen molar-refractivity contribution in [2.24, 2.45) is 0 Å². The van der Waals surface area contributed by atoms with Crippen molar-refractivity contribution in [3.63, 3.8) is 0 Å². The van der Waals surface area contributed by atoms with Gasteiger partial charge in [0, 0.05) is 13.1 Å². The normalized spacial score (nSPS) is 16.1. The zero-order valence-electron chi connectivity index (χ0n) is 9.34. The number of ether oxygens (including phenoxy) is 1. The average Bonchev–Trinajstić information content (AvgIpc) is 2.39. The summed E-state index contributed by atoms with van der Waals surface area (Å²) in [6, 6.07) is 0. The summed E-state index contributed by atoms with van der Waals surface area (Å²) in [5.41, 5.74) is -1.05. The molecule has 9 heteroatoms. The third kappa shape index (κ3) is 1.84. The molecule has 0 spiro atoms. The Morgan fingerprint density at radius 2 is 1.89 bits per heavy atom. The highest BCUT2D eigenvalue weighted by Crippen LogP contribution is 2.09. The van der Waals surface area contributed by atoms with Crippen LogP contribution in [0.4, 0.5) is 5.95 Å². The van der Waals surface area contributed by atoms with Crippen LogP contribution in [0.25, 0.3) is 11.2 Å². The highest BCUT2D eigenvalue weighted by molar-refractivity contribution is 5.68. The van der Waals surface area contributed by atoms with E-state index in [1.165, 1.54) is 0 Å². The van der Waals surface area contributed by atoms with Crippen LogP contribution >= 0.6 is 0 Å². The van der Waals surface area contributed by atoms with Gasteiger partial charge in [-0.05, 0) is 0 Å². The fraction of sp³-hybridized carbons (Fsp3) is 0.444. The number of nitrogens with one attached hydrogen (secondary N) is 2. The topological polar surface area (TPSA) is 117 Å². The number of anilines is 1. The summed E-state index contributed by atoms with van der Waals surface area (Å²) in [7, 11) is 0. The molecule has 0 radical (unpaired) electrons. The molecule has 0 amide bonds. The molecular weight excluding hydrogens is 240 g/mol. The molecule has 94 valence electrons. The van der Waals surface area contributed by atoms with E-state index >= 15 is 0 Å². The maximum absolute atomic E-state index is 11.4. The zero-order chi connectivity index (χ0) is 12.5. The predicted molar refractivity (Wildman–Crippen MR) is 61.6 cm³/mol. The molecule has 3 rings (SSSR count). The lowest BCUT2D eigenvalue weighted by atomic mass is 10.4. The smallest absolute Gasteiger partial charge is 0.327 e. The predicted octanol–water partition coefficient (Wildman–Crippen LogP) is -1.76. The van der Waals surface area contributed by atoms with Crippen molar-refractivity contribution in [3.05, 3.63) is 20.8 Å². The van der Waals surface area contributed by atoms with E-state index in [1.807, 2.05) is 4.90 Å². The molecule has 18 heavy (non-hydrogen) atoms. The number of aromatic amines is 2. The number of aromatic nitrogens is 5. The molecule has 2 N–H and O–H groups in total. The number of hydrogen-bond acceptors (Lipinski definition) is 7. The van der Waals surface area contributed by atoms with Gasteiger partial charge in [0.2, 0.25) is 5.95 Å². The second-order valence-corrected chi connectivity index (χ2v) is 3.82. The molecule has 1 aliphatic heterocycles. The summed E-state index contributed by atoms with van der Waals surface area (Å²) in [4.78, 5) is 33.1. The van der Waals surface area contributed by atoms with Gasteiger partial charge in [0.05, 0.1) is 13.2 Å². The second-order valence-electron chi connectivity index (χ2n) is 3.82. The summed E-state index contributed by atoms with van der Waals surface area (Å²) in [6.07, 6.45) is 0. The summed E-state index contributed by atoms with van der Waals surface area (Å²) in [5, 5.41) is 7.68. The Morgan fingerprint density at radius 3 is 2.67 bits per heavy atom. The molecule has 2 aromatic heterocycles. The summed E-state index contributed by atoms with van der Waals surface area (Å²) >= 11 is 0. The molecule has 1 saturated heterocycles. The fourth-order valence-corrected chi connectivity index (χ4v) is 1.76. The van der Waals surface area contributed by atoms with Gasteiger partial charge in [-0.15, -0.1) is 10.2 Å². The first-order valence-electron chi connectivity index (χ1n) is 5.44. The van der Waals surface area contributed by atoms with Gasteiger partial charge < -0.3 is 9.64 Å². The van der Waals surface area contributed by atoms with Gasteiger partial charge in [-0.1, -0.05) is 0 Å². The molecular formula is C9H10N6O3. The fourth-order valence-electron chi connectivity index (χ4n) is 1.76. The molecule has 0 bridgehead atoms. The third-order valence-electron chi connectivity index (χ3n) is 2.64. The zero-order valence-corrected chi connectivity index (χ0v) is 9.34. The largest absolute Gasteiger partial charge is 0.378 e. The van der Waals surface area contributed by atoms with Gasteiger partial charge in [0.1, 0.15) is 0 Å². The molecule has 9 nitrogen and oxygen atoms in total. The maximum atomic E-state index is 11.4. The second kappa shape index (κ2) is 4.18. The molecule has 0 atom stereocenters. The van der Waals surface area contributed by atoms with Gasteiger partial charge in [0.25, 0.3) is 5.56 Å². The minimum atomic E-state index is -0.610. The van der Waals surface area contributed by atoms with Crippen LogP contribution in [0.5, 0.6) is 0 Å². The van der Waals surface area contributed by atoms with Gasteiger partial charge in [0.15, 0.2) is 11.2 Å². The Labute approximate surface area is 99.8 Å². The van der Waals surface area contributed by atoms with E-state index in [1.54, 1.807) is 0 Å². The van der Waals surface area contributed by atoms with Crippen LogP contribution in [-0.2, 0) is 4.74 Å². The van der Waals surface area contributed by atoms with Crippen molar-refractivity contribution in [1.29, 1.82) is 0 Å². The minimum absolute atomic E-state index is 0.0200. The maximum Gasteiger partial charge on any atom is 0.327 e. The van der Waals surface area contributed by atoms with E-state index in [2.05, 4.69) is 25.1 Å². The van der Waals surface area contributed by atoms with Crippen molar-refractivity contribution in [3.8, 4) is 0 Å². The van der Waals surface area contributed by atoms with Crippen molar-refractivity contribution in [2.45, 2.75) is 0 Å². The first-order valence-corrected chi connectivity index (χ1v) is 5.44. The van der Waals surface area contributed by atoms with Gasteiger partial charge >= 0.3 is 5.69 Å². The molecule has 3 heterocycles. The number of H-pyrrole nitrogens is 2. The van der Waals surface area contributed by atoms with E-state index in [0.717, 1.165) is 0 Å². The lowest BCUT2D eigenvalue weighted by Crippen LogP contribution is -2.37. The molecule has 0 saturated carbocycles. The lowest BCUT2D eigenvalue weighted by molar-refractivity contribution is 0.122. The van der Waals surface area contributed by atoms with Crippen LogP contribution in [0.15, 0.2) is 9.59 Å². The standard InChI is InChI=1S/C9H10N6O3/c16-7-5-6(11-9(17)12-7)10-8(14-13-5)15-1-3-18-4-2-15/h1-4H2,(H2,10,11,12,14,16,17). The van der Waals surface area contributed by atoms with E-state index in [4.69, 9.17) is 4.74 Å². The molecule has 2 aromatic rings. The van der Waals surface area contributed by atoms with Crippen LogP contribution in [0.3, 0.4) is 0 Å². The Bertz CT molecular complexity index is 686. The molecule has 1 aliphatic rings. The molecule has 0 aromatic carbocycles. The number of hydrogen-bond donors (Lipinski definition) is 2. The summed E-state index contributed by atoms with van der Waals surface area (Å²) in [5.74, 6) is 0.382. The molecule has 1 fully saturated rings. The Morgan fingerprint density at radius 1 is 1.11 bits per heavy atom. The van der Waals surface area contributed by atoms with Crippen molar-refractivity contribution >= 4 is 17.1 Å². The monoisotopic (exact) mass is 250 g/mol. The van der Waals surface area contributed by atoms with Crippen molar-refractivity contribution in [1.82, 2.24) is 25.1 Å². The van der Waals surface area contributed by atoms with E-state index in [0.29, 0.717) is 32.3 Å². The van der Waals surface area contributed by atoms with Crippen LogP contribution < -0.4 is 16.1 Å². The van der Waals surface area contributed by atoms with Gasteiger partial charge in [-0.2, -0.15) is 4.98 Å². The van der Waals surface area contributed by atoms with Crippen molar-refractivity contribution < 1.29 is 4.74 Å². The molecule has 0 unspecified atom stereocenters. The number of fused-ring (bicyclic) bond motifs is 1. The van der Waals surface area contributed by atoms with Gasteiger partial charge in [-0.25, -0.2) is 4.79 Å². The number of morpholine rings is 1. The Balaban J connectivity index is 2.10. The van der Waals surface area contributed by atoms with Crippen LogP contribution in [0.1, 0.15) is 0 Å². The highest BCUT2D eigenvalue weighted by atomic mass is 16.5. The SMILES string of the molecule is O=c1[nH]c(=O)c2nnc(N3CCOCC3)nc2[nH]1. The summed E-state index contributed by atoms with van der Waals surface area (Å²) in [6.45, 7) is 2.49. The van der Waals surface area contributed by atoms with Crippen LogP contribution in [0.2, 0.25) is 0 Å². The number of rotatable bonds is 1. The summed E-state index contributed by atoms with van der Waals surface area (Å²) < 4.78 is 5.22. The minimum Gasteiger partial charge on any atom is -0.378 e. The van der Waals surface area contributed by atoms with Crippen LogP contribution in [0, 0.1) is 0 Å². The first-order chi connectivity index (χ1) is 8.74. The quantitative estimate of drug-likeness (QED) is 0.615. The van der Waals surface area contributed by atoms with Crippen molar-refractivity contribution in [2.75, 3.05) is 31.2 Å². The highest BCUT2D eigenvalue weighted by Gasteiger charge is 2.15. The van der Waals surface area contributed by atoms with Gasteiger partial charge in [-0.3, -0.25) is 14.8 Å². The average molecular weight is 250 g/mol. The Hall–Kier alpha value is -2.29. The van der Waals surface area contributed by atoms with Crippen LogP contribution in [-0.4, -0.2) is 51.5 Å². The van der Waals surface area contributed by atoms with E-state index < -0.39 is 11.2 Å². The van der Waals surface area contributed by atoms with E-state index in [-0.39, 0.29) is 11.2 Å².